The summed E-state index contributed by atoms with van der Waals surface area (Å²) in [5.41, 5.74) is 3.82. The number of benzene rings is 1. The Labute approximate surface area is 138 Å². The molecule has 0 bridgehead atoms. The zero-order valence-electron chi connectivity index (χ0n) is 14.3. The van der Waals surface area contributed by atoms with Crippen LogP contribution in [0, 0.1) is 6.92 Å². The van der Waals surface area contributed by atoms with Gasteiger partial charge in [-0.15, -0.1) is 0 Å². The highest BCUT2D eigenvalue weighted by molar-refractivity contribution is 5.92. The molecule has 1 amide bonds. The van der Waals surface area contributed by atoms with Crippen LogP contribution in [-0.4, -0.2) is 36.4 Å². The number of pyridine rings is 1. The Balaban J connectivity index is 2.06. The van der Waals surface area contributed by atoms with Crippen LogP contribution in [0.3, 0.4) is 0 Å². The summed E-state index contributed by atoms with van der Waals surface area (Å²) in [6.07, 6.45) is 1.03. The van der Waals surface area contributed by atoms with Crippen molar-refractivity contribution in [1.29, 1.82) is 0 Å². The summed E-state index contributed by atoms with van der Waals surface area (Å²) in [5.74, 6) is -0.134. The maximum absolute atomic E-state index is 12.3. The van der Waals surface area contributed by atoms with Gasteiger partial charge in [-0.05, 0) is 50.7 Å². The van der Waals surface area contributed by atoms with Crippen molar-refractivity contribution in [3.8, 4) is 0 Å². The van der Waals surface area contributed by atoms with Crippen molar-refractivity contribution in [1.82, 2.24) is 15.2 Å². The van der Waals surface area contributed by atoms with Crippen LogP contribution in [0.25, 0.3) is 0 Å². The topological polar surface area (TPSA) is 45.2 Å². The standard InChI is InChI=1S/C19H25N3O/c1-5-15-9-11-16(12-10-15)18(22(3)4)13-20-19(23)17-8-6-7-14(2)21-17/h6-12,18H,5,13H2,1-4H3,(H,20,23). The molecule has 0 fully saturated rings. The first-order valence-corrected chi connectivity index (χ1v) is 7.98. The van der Waals surface area contributed by atoms with Crippen molar-refractivity contribution in [3.05, 3.63) is 65.0 Å². The van der Waals surface area contributed by atoms with E-state index in [1.807, 2.05) is 33.2 Å². The number of nitrogens with one attached hydrogen (secondary N) is 1. The molecule has 2 aromatic rings. The Morgan fingerprint density at radius 3 is 2.43 bits per heavy atom. The Morgan fingerprint density at radius 2 is 1.87 bits per heavy atom. The Hall–Kier alpha value is -2.20. The van der Waals surface area contributed by atoms with E-state index in [-0.39, 0.29) is 11.9 Å². The molecule has 0 radical (unpaired) electrons. The van der Waals surface area contributed by atoms with Gasteiger partial charge in [-0.2, -0.15) is 0 Å². The molecule has 0 aliphatic rings. The summed E-state index contributed by atoms with van der Waals surface area (Å²) >= 11 is 0. The zero-order valence-corrected chi connectivity index (χ0v) is 14.3. The zero-order chi connectivity index (χ0) is 16.8. The number of nitrogens with zero attached hydrogens (tertiary/aromatic N) is 2. The molecule has 23 heavy (non-hydrogen) atoms. The minimum absolute atomic E-state index is 0.134. The summed E-state index contributed by atoms with van der Waals surface area (Å²) in [7, 11) is 4.05. The first-order valence-electron chi connectivity index (χ1n) is 7.98. The van der Waals surface area contributed by atoms with E-state index in [4.69, 9.17) is 0 Å². The molecule has 0 aliphatic heterocycles. The van der Waals surface area contributed by atoms with Gasteiger partial charge >= 0.3 is 0 Å². The average Bonchev–Trinajstić information content (AvgIpc) is 2.55. The molecule has 2 rings (SSSR count). The van der Waals surface area contributed by atoms with E-state index in [2.05, 4.69) is 46.4 Å². The van der Waals surface area contributed by atoms with Gasteiger partial charge in [0.2, 0.25) is 0 Å². The maximum atomic E-state index is 12.3. The number of rotatable bonds is 6. The molecule has 0 aliphatic carbocycles. The lowest BCUT2D eigenvalue weighted by atomic mass is 10.0. The van der Waals surface area contributed by atoms with Crippen LogP contribution in [0.5, 0.6) is 0 Å². The molecule has 0 spiro atoms. The predicted molar refractivity (Wildman–Crippen MR) is 93.6 cm³/mol. The molecule has 1 N–H and O–H groups in total. The van der Waals surface area contributed by atoms with E-state index < -0.39 is 0 Å². The molecule has 1 heterocycles. The van der Waals surface area contributed by atoms with Gasteiger partial charge in [0.25, 0.3) is 5.91 Å². The van der Waals surface area contributed by atoms with Crippen molar-refractivity contribution in [2.75, 3.05) is 20.6 Å². The average molecular weight is 311 g/mol. The normalized spacial score (nSPS) is 12.2. The van der Waals surface area contributed by atoms with Crippen molar-refractivity contribution in [2.45, 2.75) is 26.3 Å². The van der Waals surface area contributed by atoms with Crippen LogP contribution in [-0.2, 0) is 6.42 Å². The monoisotopic (exact) mass is 311 g/mol. The van der Waals surface area contributed by atoms with Gasteiger partial charge in [0, 0.05) is 12.2 Å². The molecule has 4 heteroatoms. The van der Waals surface area contributed by atoms with Crippen molar-refractivity contribution in [2.24, 2.45) is 0 Å². The van der Waals surface area contributed by atoms with Crippen LogP contribution in [0.15, 0.2) is 42.5 Å². The number of aromatic nitrogens is 1. The molecular formula is C19H25N3O. The number of hydrogen-bond acceptors (Lipinski definition) is 3. The number of carbonyl (C=O) groups is 1. The highest BCUT2D eigenvalue weighted by Gasteiger charge is 2.16. The Kier molecular flexibility index (Phi) is 5.88. The number of carbonyl (C=O) groups excluding carboxylic acids is 1. The second-order valence-corrected chi connectivity index (χ2v) is 5.95. The molecule has 122 valence electrons. The van der Waals surface area contributed by atoms with Crippen LogP contribution in [0.2, 0.25) is 0 Å². The first-order chi connectivity index (χ1) is 11.0. The van der Waals surface area contributed by atoms with E-state index in [1.54, 1.807) is 6.07 Å². The van der Waals surface area contributed by atoms with Crippen molar-refractivity contribution in [3.63, 3.8) is 0 Å². The molecule has 4 nitrogen and oxygen atoms in total. The summed E-state index contributed by atoms with van der Waals surface area (Å²) in [5, 5.41) is 2.99. The van der Waals surface area contributed by atoms with Gasteiger partial charge in [-0.3, -0.25) is 4.79 Å². The molecule has 0 saturated heterocycles. The molecule has 1 unspecified atom stereocenters. The summed E-state index contributed by atoms with van der Waals surface area (Å²) in [6, 6.07) is 14.2. The lowest BCUT2D eigenvalue weighted by Crippen LogP contribution is -2.35. The van der Waals surface area contributed by atoms with Gasteiger partial charge < -0.3 is 10.2 Å². The van der Waals surface area contributed by atoms with Gasteiger partial charge in [0.05, 0.1) is 6.04 Å². The third kappa shape index (κ3) is 4.63. The maximum Gasteiger partial charge on any atom is 0.269 e. The fourth-order valence-electron chi connectivity index (χ4n) is 2.52. The fraction of sp³-hybridized carbons (Fsp3) is 0.368. The molecule has 1 aromatic carbocycles. The lowest BCUT2D eigenvalue weighted by molar-refractivity contribution is 0.0936. The van der Waals surface area contributed by atoms with Gasteiger partial charge in [0.15, 0.2) is 0 Å². The summed E-state index contributed by atoms with van der Waals surface area (Å²) in [4.78, 5) is 18.6. The minimum atomic E-state index is -0.134. The van der Waals surface area contributed by atoms with E-state index in [0.29, 0.717) is 12.2 Å². The highest BCUT2D eigenvalue weighted by Crippen LogP contribution is 2.18. The Morgan fingerprint density at radius 1 is 1.17 bits per heavy atom. The van der Waals surface area contributed by atoms with E-state index in [9.17, 15) is 4.79 Å². The van der Waals surface area contributed by atoms with Crippen molar-refractivity contribution < 1.29 is 4.79 Å². The van der Waals surface area contributed by atoms with Crippen LogP contribution in [0.1, 0.15) is 40.3 Å². The SMILES string of the molecule is CCc1ccc(C(CNC(=O)c2cccc(C)n2)N(C)C)cc1. The predicted octanol–water partition coefficient (Wildman–Crippen LogP) is 2.99. The summed E-state index contributed by atoms with van der Waals surface area (Å²) in [6.45, 7) is 4.58. The molecule has 1 aromatic heterocycles. The molecular weight excluding hydrogens is 286 g/mol. The third-order valence-corrected chi connectivity index (χ3v) is 3.97. The molecule has 1 atom stereocenters. The van der Waals surface area contributed by atoms with E-state index >= 15 is 0 Å². The van der Waals surface area contributed by atoms with Crippen LogP contribution >= 0.6 is 0 Å². The minimum Gasteiger partial charge on any atom is -0.349 e. The highest BCUT2D eigenvalue weighted by atomic mass is 16.1. The van der Waals surface area contributed by atoms with E-state index in [0.717, 1.165) is 12.1 Å². The van der Waals surface area contributed by atoms with Crippen LogP contribution in [0.4, 0.5) is 0 Å². The van der Waals surface area contributed by atoms with Crippen LogP contribution < -0.4 is 5.32 Å². The first kappa shape index (κ1) is 17.2. The van der Waals surface area contributed by atoms with E-state index in [1.165, 1.54) is 11.1 Å². The quantitative estimate of drug-likeness (QED) is 0.892. The third-order valence-electron chi connectivity index (χ3n) is 3.97. The fourth-order valence-corrected chi connectivity index (χ4v) is 2.52. The second kappa shape index (κ2) is 7.88. The number of amides is 1. The Bertz CT molecular complexity index is 650. The molecule has 0 saturated carbocycles. The second-order valence-electron chi connectivity index (χ2n) is 5.95. The number of aryl methyl sites for hydroxylation is 2. The van der Waals surface area contributed by atoms with Gasteiger partial charge in [-0.1, -0.05) is 37.3 Å². The van der Waals surface area contributed by atoms with Gasteiger partial charge in [0.1, 0.15) is 5.69 Å². The number of hydrogen-bond donors (Lipinski definition) is 1. The van der Waals surface area contributed by atoms with Gasteiger partial charge in [-0.25, -0.2) is 4.98 Å². The lowest BCUT2D eigenvalue weighted by Gasteiger charge is -2.25. The number of likely N-dealkylation sites (N-methyl/N-ethyl adjacent to an activating group) is 1. The summed E-state index contributed by atoms with van der Waals surface area (Å²) < 4.78 is 0. The smallest absolute Gasteiger partial charge is 0.269 e. The van der Waals surface area contributed by atoms with Crippen molar-refractivity contribution >= 4 is 5.91 Å². The largest absolute Gasteiger partial charge is 0.349 e.